The van der Waals surface area contributed by atoms with Gasteiger partial charge in [-0.1, -0.05) is 25.0 Å². The van der Waals surface area contributed by atoms with Gasteiger partial charge in [0, 0.05) is 24.5 Å². The lowest BCUT2D eigenvalue weighted by Gasteiger charge is -2.21. The average molecular weight is 270 g/mol. The molecule has 0 radical (unpaired) electrons. The molecule has 1 aromatic carbocycles. The van der Waals surface area contributed by atoms with Crippen molar-refractivity contribution in [2.45, 2.75) is 45.4 Å². The van der Waals surface area contributed by atoms with Crippen LogP contribution in [0.2, 0.25) is 0 Å². The number of aryl methyl sites for hydroxylation is 3. The molecule has 1 atom stereocenters. The summed E-state index contributed by atoms with van der Waals surface area (Å²) in [4.78, 5) is 0. The van der Waals surface area contributed by atoms with E-state index in [2.05, 4.69) is 43.8 Å². The molecule has 2 heteroatoms. The molecule has 20 heavy (non-hydrogen) atoms. The lowest BCUT2D eigenvalue weighted by molar-refractivity contribution is 0.442. The molecule has 1 fully saturated rings. The molecule has 2 N–H and O–H groups in total. The van der Waals surface area contributed by atoms with Gasteiger partial charge in [0.1, 0.15) is 0 Å². The fraction of sp³-hybridized carbons (Fsp3) is 0.556. The topological polar surface area (TPSA) is 30.9 Å². The fourth-order valence-electron chi connectivity index (χ4n) is 4.06. The minimum Gasteiger partial charge on any atom is -0.350 e. The maximum atomic E-state index is 6.14. The number of nitrogens with zero attached hydrogens (tertiary/aromatic N) is 1. The number of hydrogen-bond acceptors (Lipinski definition) is 1. The summed E-state index contributed by atoms with van der Waals surface area (Å²) in [7, 11) is 2.17. The molecule has 1 aromatic heterocycles. The molecule has 0 aliphatic heterocycles. The van der Waals surface area contributed by atoms with Crippen molar-refractivity contribution >= 4 is 10.9 Å². The molecule has 2 aromatic rings. The van der Waals surface area contributed by atoms with E-state index in [1.165, 1.54) is 53.3 Å². The molecular weight excluding hydrogens is 244 g/mol. The van der Waals surface area contributed by atoms with Gasteiger partial charge in [0.25, 0.3) is 0 Å². The van der Waals surface area contributed by atoms with Crippen LogP contribution < -0.4 is 5.73 Å². The Morgan fingerprint density at radius 1 is 1.25 bits per heavy atom. The minimum absolute atomic E-state index is 0.531. The smallest absolute Gasteiger partial charge is 0.0513 e. The van der Waals surface area contributed by atoms with Gasteiger partial charge in [-0.25, -0.2) is 0 Å². The van der Waals surface area contributed by atoms with Gasteiger partial charge in [-0.15, -0.1) is 0 Å². The van der Waals surface area contributed by atoms with E-state index in [1.54, 1.807) is 0 Å². The van der Waals surface area contributed by atoms with Crippen molar-refractivity contribution < 1.29 is 0 Å². The predicted octanol–water partition coefficient (Wildman–Crippen LogP) is 4.03. The van der Waals surface area contributed by atoms with Crippen LogP contribution >= 0.6 is 0 Å². The van der Waals surface area contributed by atoms with Gasteiger partial charge in [0.15, 0.2) is 0 Å². The fourth-order valence-corrected chi connectivity index (χ4v) is 4.06. The van der Waals surface area contributed by atoms with Crippen molar-refractivity contribution in [3.8, 4) is 0 Å². The van der Waals surface area contributed by atoms with Gasteiger partial charge in [-0.2, -0.15) is 0 Å². The Labute approximate surface area is 122 Å². The van der Waals surface area contributed by atoms with E-state index in [4.69, 9.17) is 5.73 Å². The Morgan fingerprint density at radius 3 is 2.60 bits per heavy atom. The number of fused-ring (bicyclic) bond motifs is 1. The Morgan fingerprint density at radius 2 is 1.95 bits per heavy atom. The maximum Gasteiger partial charge on any atom is 0.0513 e. The van der Waals surface area contributed by atoms with Gasteiger partial charge in [-0.3, -0.25) is 0 Å². The monoisotopic (exact) mass is 270 g/mol. The number of rotatable bonds is 3. The van der Waals surface area contributed by atoms with E-state index < -0.39 is 0 Å². The third kappa shape index (κ3) is 2.07. The molecule has 0 spiro atoms. The standard InChI is InChI=1S/C18H26N2/c1-12-8-9-15-17(11-20(3)18(15)13(12)2)16(10-19)14-6-4-5-7-14/h8-9,11,14,16H,4-7,10,19H2,1-3H3. The van der Waals surface area contributed by atoms with Crippen molar-refractivity contribution in [1.29, 1.82) is 0 Å². The molecule has 108 valence electrons. The van der Waals surface area contributed by atoms with Crippen LogP contribution in [-0.4, -0.2) is 11.1 Å². The first-order valence-corrected chi connectivity index (χ1v) is 7.88. The van der Waals surface area contributed by atoms with Crippen LogP contribution in [0.4, 0.5) is 0 Å². The molecule has 1 heterocycles. The first-order valence-electron chi connectivity index (χ1n) is 7.88. The Hall–Kier alpha value is -1.28. The molecular formula is C18H26N2. The maximum absolute atomic E-state index is 6.14. The van der Waals surface area contributed by atoms with Crippen molar-refractivity contribution in [2.75, 3.05) is 6.54 Å². The zero-order valence-electron chi connectivity index (χ0n) is 12.9. The van der Waals surface area contributed by atoms with Crippen LogP contribution in [0.1, 0.15) is 48.3 Å². The zero-order valence-corrected chi connectivity index (χ0v) is 12.9. The minimum atomic E-state index is 0.531. The van der Waals surface area contributed by atoms with Gasteiger partial charge < -0.3 is 10.3 Å². The quantitative estimate of drug-likeness (QED) is 0.897. The van der Waals surface area contributed by atoms with E-state index in [0.717, 1.165) is 12.5 Å². The van der Waals surface area contributed by atoms with Crippen LogP contribution in [0.25, 0.3) is 10.9 Å². The SMILES string of the molecule is Cc1ccc2c(C(CN)C3CCCC3)cn(C)c2c1C. The summed E-state index contributed by atoms with van der Waals surface area (Å²) in [6.07, 6.45) is 7.79. The van der Waals surface area contributed by atoms with Crippen molar-refractivity contribution in [3.63, 3.8) is 0 Å². The second-order valence-electron chi connectivity index (χ2n) is 6.49. The normalized spacial score (nSPS) is 18.0. The lowest BCUT2D eigenvalue weighted by atomic mass is 9.84. The number of benzene rings is 1. The second kappa shape index (κ2) is 5.25. The van der Waals surface area contributed by atoms with E-state index >= 15 is 0 Å². The molecule has 0 amide bonds. The van der Waals surface area contributed by atoms with E-state index in [1.807, 2.05) is 0 Å². The Bertz CT molecular complexity index is 618. The summed E-state index contributed by atoms with van der Waals surface area (Å²) in [6.45, 7) is 5.20. The van der Waals surface area contributed by atoms with Crippen molar-refractivity contribution in [3.05, 3.63) is 35.0 Å². The van der Waals surface area contributed by atoms with Gasteiger partial charge in [0.2, 0.25) is 0 Å². The van der Waals surface area contributed by atoms with Crippen molar-refractivity contribution in [2.24, 2.45) is 18.7 Å². The number of aromatic nitrogens is 1. The first kappa shape index (κ1) is 13.7. The van der Waals surface area contributed by atoms with E-state index in [0.29, 0.717) is 5.92 Å². The highest BCUT2D eigenvalue weighted by Crippen LogP contribution is 2.40. The molecule has 0 saturated heterocycles. The van der Waals surface area contributed by atoms with Gasteiger partial charge in [0.05, 0.1) is 5.52 Å². The Kier molecular flexibility index (Phi) is 3.59. The summed E-state index contributed by atoms with van der Waals surface area (Å²) in [5.74, 6) is 1.32. The third-order valence-corrected chi connectivity index (χ3v) is 5.32. The second-order valence-corrected chi connectivity index (χ2v) is 6.49. The van der Waals surface area contributed by atoms with E-state index in [9.17, 15) is 0 Å². The van der Waals surface area contributed by atoms with E-state index in [-0.39, 0.29) is 0 Å². The molecule has 1 aliphatic carbocycles. The highest BCUT2D eigenvalue weighted by atomic mass is 14.9. The lowest BCUT2D eigenvalue weighted by Crippen LogP contribution is -2.19. The predicted molar refractivity (Wildman–Crippen MR) is 86.1 cm³/mol. The molecule has 0 bridgehead atoms. The number of hydrogen-bond donors (Lipinski definition) is 1. The molecule has 1 saturated carbocycles. The molecule has 2 nitrogen and oxygen atoms in total. The van der Waals surface area contributed by atoms with Gasteiger partial charge >= 0.3 is 0 Å². The van der Waals surface area contributed by atoms with Crippen LogP contribution in [0.3, 0.4) is 0 Å². The first-order chi connectivity index (χ1) is 9.63. The molecule has 1 unspecified atom stereocenters. The third-order valence-electron chi connectivity index (χ3n) is 5.32. The van der Waals surface area contributed by atoms with Crippen LogP contribution in [0.5, 0.6) is 0 Å². The highest BCUT2D eigenvalue weighted by Gasteiger charge is 2.27. The number of nitrogens with two attached hydrogens (primary N) is 1. The zero-order chi connectivity index (χ0) is 14.3. The van der Waals surface area contributed by atoms with Crippen molar-refractivity contribution in [1.82, 2.24) is 4.57 Å². The molecule has 3 rings (SSSR count). The Balaban J connectivity index is 2.13. The largest absolute Gasteiger partial charge is 0.350 e. The van der Waals surface area contributed by atoms with Crippen LogP contribution in [0, 0.1) is 19.8 Å². The summed E-state index contributed by atoms with van der Waals surface area (Å²) in [6, 6.07) is 4.55. The molecule has 1 aliphatic rings. The van der Waals surface area contributed by atoms with Crippen LogP contribution in [-0.2, 0) is 7.05 Å². The average Bonchev–Trinajstić information content (AvgIpc) is 3.05. The summed E-state index contributed by atoms with van der Waals surface area (Å²) in [5, 5.41) is 1.41. The summed E-state index contributed by atoms with van der Waals surface area (Å²) >= 11 is 0. The highest BCUT2D eigenvalue weighted by molar-refractivity contribution is 5.88. The van der Waals surface area contributed by atoms with Gasteiger partial charge in [-0.05, 0) is 55.8 Å². The summed E-state index contributed by atoms with van der Waals surface area (Å²) < 4.78 is 2.30. The van der Waals surface area contributed by atoms with Crippen LogP contribution in [0.15, 0.2) is 18.3 Å². The summed E-state index contributed by atoms with van der Waals surface area (Å²) in [5.41, 5.74) is 11.8.